The number of hydrogen-bond acceptors (Lipinski definition) is 4. The van der Waals surface area contributed by atoms with Gasteiger partial charge in [0.15, 0.2) is 11.5 Å². The molecule has 0 radical (unpaired) electrons. The fourth-order valence-electron chi connectivity index (χ4n) is 1.87. The lowest BCUT2D eigenvalue weighted by atomic mass is 10.0. The molecule has 0 spiro atoms. The van der Waals surface area contributed by atoms with Crippen LogP contribution in [0.1, 0.15) is 5.56 Å². The molecule has 0 saturated heterocycles. The van der Waals surface area contributed by atoms with Crippen molar-refractivity contribution in [2.45, 2.75) is 6.42 Å². The molecular formula is C13H14N2O2. The van der Waals surface area contributed by atoms with E-state index in [1.807, 2.05) is 12.1 Å². The number of allylic oxidation sites excluding steroid dienone is 1. The quantitative estimate of drug-likeness (QED) is 0.756. The number of benzene rings is 1. The maximum atomic E-state index is 5.40. The maximum absolute atomic E-state index is 5.40. The van der Waals surface area contributed by atoms with Crippen LogP contribution in [-0.4, -0.2) is 24.2 Å². The summed E-state index contributed by atoms with van der Waals surface area (Å²) in [6.45, 7) is 3.76. The Labute approximate surface area is 99.9 Å². The Kier molecular flexibility index (Phi) is 3.23. The van der Waals surface area contributed by atoms with Gasteiger partial charge >= 0.3 is 0 Å². The van der Waals surface area contributed by atoms with Gasteiger partial charge in [0.25, 0.3) is 0 Å². The molecule has 2 rings (SSSR count). The summed E-state index contributed by atoms with van der Waals surface area (Å²) < 4.78 is 10.7. The molecule has 4 heteroatoms. The predicted molar refractivity (Wildman–Crippen MR) is 66.5 cm³/mol. The van der Waals surface area contributed by atoms with Crippen LogP contribution in [0.4, 0.5) is 0 Å². The third-order valence-electron chi connectivity index (χ3n) is 2.61. The Morgan fingerprint density at radius 3 is 2.82 bits per heavy atom. The zero-order valence-corrected chi connectivity index (χ0v) is 9.93. The van der Waals surface area contributed by atoms with Crippen LogP contribution in [0.3, 0.4) is 0 Å². The summed E-state index contributed by atoms with van der Waals surface area (Å²) in [6.07, 6.45) is 5.81. The summed E-state index contributed by atoms with van der Waals surface area (Å²) in [6, 6.07) is 1.85. The molecule has 0 fully saturated rings. The molecule has 0 aliphatic rings. The zero-order valence-electron chi connectivity index (χ0n) is 9.93. The highest BCUT2D eigenvalue weighted by atomic mass is 16.5. The monoisotopic (exact) mass is 230 g/mol. The van der Waals surface area contributed by atoms with Gasteiger partial charge in [-0.15, -0.1) is 6.58 Å². The number of aromatic nitrogens is 2. The SMILES string of the molecule is C=CCc1c(OC)c(OC)cc2ncncc12. The first kappa shape index (κ1) is 11.4. The number of hydrogen-bond donors (Lipinski definition) is 0. The molecule has 0 N–H and O–H groups in total. The second-order valence-corrected chi connectivity index (χ2v) is 3.54. The molecule has 0 saturated carbocycles. The minimum absolute atomic E-state index is 0.676. The van der Waals surface area contributed by atoms with Crippen LogP contribution in [0.15, 0.2) is 31.2 Å². The van der Waals surface area contributed by atoms with Crippen molar-refractivity contribution >= 4 is 10.9 Å². The summed E-state index contributed by atoms with van der Waals surface area (Å²) in [5.41, 5.74) is 1.84. The molecule has 17 heavy (non-hydrogen) atoms. The highest BCUT2D eigenvalue weighted by Gasteiger charge is 2.14. The molecule has 0 atom stereocenters. The van der Waals surface area contributed by atoms with Gasteiger partial charge in [-0.25, -0.2) is 9.97 Å². The van der Waals surface area contributed by atoms with Gasteiger partial charge in [0.2, 0.25) is 0 Å². The normalized spacial score (nSPS) is 10.2. The first-order chi connectivity index (χ1) is 8.31. The van der Waals surface area contributed by atoms with E-state index in [9.17, 15) is 0 Å². The summed E-state index contributed by atoms with van der Waals surface area (Å²) >= 11 is 0. The standard InChI is InChI=1S/C13H14N2O2/c1-4-5-9-10-7-14-8-15-11(10)6-12(16-2)13(9)17-3/h4,6-8H,1,5H2,2-3H3. The van der Waals surface area contributed by atoms with Crippen molar-refractivity contribution in [1.82, 2.24) is 9.97 Å². The van der Waals surface area contributed by atoms with E-state index in [-0.39, 0.29) is 0 Å². The predicted octanol–water partition coefficient (Wildman–Crippen LogP) is 2.38. The molecule has 88 valence electrons. The average Bonchev–Trinajstić information content (AvgIpc) is 2.38. The lowest BCUT2D eigenvalue weighted by Gasteiger charge is -2.14. The molecule has 0 unspecified atom stereocenters. The van der Waals surface area contributed by atoms with Gasteiger partial charge in [-0.2, -0.15) is 0 Å². The molecule has 0 aliphatic heterocycles. The number of methoxy groups -OCH3 is 2. The lowest BCUT2D eigenvalue weighted by Crippen LogP contribution is -1.98. The zero-order chi connectivity index (χ0) is 12.3. The fraction of sp³-hybridized carbons (Fsp3) is 0.231. The van der Waals surface area contributed by atoms with Crippen molar-refractivity contribution in [2.75, 3.05) is 14.2 Å². The molecule has 1 heterocycles. The van der Waals surface area contributed by atoms with Gasteiger partial charge in [-0.05, 0) is 6.42 Å². The minimum atomic E-state index is 0.676. The Hall–Kier alpha value is -2.10. The largest absolute Gasteiger partial charge is 0.493 e. The van der Waals surface area contributed by atoms with Crippen molar-refractivity contribution in [2.24, 2.45) is 0 Å². The molecule has 0 aliphatic carbocycles. The average molecular weight is 230 g/mol. The topological polar surface area (TPSA) is 44.2 Å². The van der Waals surface area contributed by atoms with Gasteiger partial charge in [0.05, 0.1) is 19.7 Å². The number of ether oxygens (including phenoxy) is 2. The van der Waals surface area contributed by atoms with Crippen molar-refractivity contribution in [3.63, 3.8) is 0 Å². The van der Waals surface area contributed by atoms with Crippen molar-refractivity contribution in [3.8, 4) is 11.5 Å². The second kappa shape index (κ2) is 4.82. The fourth-order valence-corrected chi connectivity index (χ4v) is 1.87. The lowest BCUT2D eigenvalue weighted by molar-refractivity contribution is 0.353. The minimum Gasteiger partial charge on any atom is -0.493 e. The van der Waals surface area contributed by atoms with E-state index in [2.05, 4.69) is 16.5 Å². The summed E-state index contributed by atoms with van der Waals surface area (Å²) in [7, 11) is 3.24. The number of rotatable bonds is 4. The van der Waals surface area contributed by atoms with Gasteiger partial charge in [-0.3, -0.25) is 0 Å². The van der Waals surface area contributed by atoms with Crippen LogP contribution in [-0.2, 0) is 6.42 Å². The van der Waals surface area contributed by atoms with Crippen LogP contribution in [0.25, 0.3) is 10.9 Å². The third-order valence-corrected chi connectivity index (χ3v) is 2.61. The van der Waals surface area contributed by atoms with Gasteiger partial charge in [-0.1, -0.05) is 6.08 Å². The molecule has 0 bridgehead atoms. The Bertz CT molecular complexity index is 552. The van der Waals surface area contributed by atoms with E-state index >= 15 is 0 Å². The smallest absolute Gasteiger partial charge is 0.165 e. The van der Waals surface area contributed by atoms with Crippen LogP contribution >= 0.6 is 0 Å². The van der Waals surface area contributed by atoms with Crippen LogP contribution in [0.5, 0.6) is 11.5 Å². The third kappa shape index (κ3) is 1.93. The Morgan fingerprint density at radius 1 is 1.35 bits per heavy atom. The molecule has 1 aromatic carbocycles. The summed E-state index contributed by atoms with van der Waals surface area (Å²) in [5, 5.41) is 0.963. The van der Waals surface area contributed by atoms with Gasteiger partial charge in [0.1, 0.15) is 6.33 Å². The second-order valence-electron chi connectivity index (χ2n) is 3.54. The molecule has 1 aromatic heterocycles. The first-order valence-electron chi connectivity index (χ1n) is 5.26. The number of nitrogens with zero attached hydrogens (tertiary/aromatic N) is 2. The van der Waals surface area contributed by atoms with E-state index in [0.717, 1.165) is 22.2 Å². The van der Waals surface area contributed by atoms with Crippen molar-refractivity contribution in [1.29, 1.82) is 0 Å². The molecule has 2 aromatic rings. The van der Waals surface area contributed by atoms with Crippen molar-refractivity contribution in [3.05, 3.63) is 36.8 Å². The molecule has 0 amide bonds. The molecule has 4 nitrogen and oxygen atoms in total. The molecular weight excluding hydrogens is 216 g/mol. The number of fused-ring (bicyclic) bond motifs is 1. The van der Waals surface area contributed by atoms with E-state index in [4.69, 9.17) is 9.47 Å². The van der Waals surface area contributed by atoms with E-state index in [0.29, 0.717) is 12.2 Å². The Balaban J connectivity index is 2.80. The Morgan fingerprint density at radius 2 is 2.18 bits per heavy atom. The highest BCUT2D eigenvalue weighted by molar-refractivity contribution is 5.86. The van der Waals surface area contributed by atoms with E-state index < -0.39 is 0 Å². The highest BCUT2D eigenvalue weighted by Crippen LogP contribution is 2.36. The van der Waals surface area contributed by atoms with Gasteiger partial charge < -0.3 is 9.47 Å². The van der Waals surface area contributed by atoms with E-state index in [1.54, 1.807) is 20.4 Å². The van der Waals surface area contributed by atoms with Crippen LogP contribution in [0.2, 0.25) is 0 Å². The van der Waals surface area contributed by atoms with Crippen LogP contribution in [0, 0.1) is 0 Å². The summed E-state index contributed by atoms with van der Waals surface area (Å²) in [5.74, 6) is 1.39. The first-order valence-corrected chi connectivity index (χ1v) is 5.26. The van der Waals surface area contributed by atoms with Crippen molar-refractivity contribution < 1.29 is 9.47 Å². The van der Waals surface area contributed by atoms with Crippen LogP contribution < -0.4 is 9.47 Å². The summed E-state index contributed by atoms with van der Waals surface area (Å²) in [4.78, 5) is 8.27. The van der Waals surface area contributed by atoms with E-state index in [1.165, 1.54) is 6.33 Å². The van der Waals surface area contributed by atoms with Gasteiger partial charge in [0, 0.05) is 23.2 Å². The maximum Gasteiger partial charge on any atom is 0.165 e.